The van der Waals surface area contributed by atoms with Crippen LogP contribution < -0.4 is 10.9 Å². The molecule has 20 heavy (non-hydrogen) atoms. The molecule has 0 amide bonds. The van der Waals surface area contributed by atoms with Crippen molar-refractivity contribution in [1.29, 1.82) is 0 Å². The van der Waals surface area contributed by atoms with Crippen molar-refractivity contribution >= 4 is 17.3 Å². The lowest BCUT2D eigenvalue weighted by Gasteiger charge is -2.35. The summed E-state index contributed by atoms with van der Waals surface area (Å²) < 4.78 is 1.18. The molecule has 1 aliphatic carbocycles. The van der Waals surface area contributed by atoms with Gasteiger partial charge in [-0.15, -0.1) is 0 Å². The Labute approximate surface area is 124 Å². The minimum Gasteiger partial charge on any atom is -0.394 e. The normalized spacial score (nSPS) is 26.5. The van der Waals surface area contributed by atoms with Crippen LogP contribution in [0, 0.1) is 11.8 Å². The maximum Gasteiger partial charge on any atom is 0.287 e. The number of hydrogen-bond acceptors (Lipinski definition) is 4. The second-order valence-corrected chi connectivity index (χ2v) is 6.02. The Morgan fingerprint density at radius 1 is 1.50 bits per heavy atom. The summed E-state index contributed by atoms with van der Waals surface area (Å²) in [5.74, 6) is 1.21. The van der Waals surface area contributed by atoms with Crippen molar-refractivity contribution in [2.24, 2.45) is 11.8 Å². The Morgan fingerprint density at radius 3 is 2.95 bits per heavy atom. The largest absolute Gasteiger partial charge is 0.394 e. The van der Waals surface area contributed by atoms with E-state index in [0.717, 1.165) is 6.42 Å². The fourth-order valence-electron chi connectivity index (χ4n) is 2.81. The second kappa shape index (κ2) is 6.59. The van der Waals surface area contributed by atoms with Crippen LogP contribution in [0.25, 0.3) is 0 Å². The fraction of sp³-hybridized carbons (Fsp3) is 0.714. The number of hydrogen-bond donors (Lipinski definition) is 2. The van der Waals surface area contributed by atoms with Gasteiger partial charge >= 0.3 is 0 Å². The van der Waals surface area contributed by atoms with Crippen molar-refractivity contribution in [2.45, 2.75) is 45.7 Å². The smallest absolute Gasteiger partial charge is 0.287 e. The van der Waals surface area contributed by atoms with Crippen LogP contribution >= 0.6 is 11.6 Å². The van der Waals surface area contributed by atoms with Crippen LogP contribution in [0.2, 0.25) is 5.02 Å². The number of anilines is 1. The molecule has 5 nitrogen and oxygen atoms in total. The third-order valence-corrected chi connectivity index (χ3v) is 4.71. The summed E-state index contributed by atoms with van der Waals surface area (Å²) in [6, 6.07) is 0.325. The third-order valence-electron chi connectivity index (χ3n) is 4.34. The minimum absolute atomic E-state index is 0.132. The lowest BCUT2D eigenvalue weighted by Crippen LogP contribution is -2.36. The molecule has 0 aromatic carbocycles. The highest BCUT2D eigenvalue weighted by Gasteiger charge is 2.27. The highest BCUT2D eigenvalue weighted by atomic mass is 35.5. The fourth-order valence-corrected chi connectivity index (χ4v) is 3.01. The molecule has 0 spiro atoms. The van der Waals surface area contributed by atoms with Crippen LogP contribution in [0.1, 0.15) is 33.1 Å². The topological polar surface area (TPSA) is 67.2 Å². The van der Waals surface area contributed by atoms with Crippen molar-refractivity contribution in [3.8, 4) is 0 Å². The third kappa shape index (κ3) is 3.15. The van der Waals surface area contributed by atoms with Gasteiger partial charge in [0.15, 0.2) is 0 Å². The predicted molar refractivity (Wildman–Crippen MR) is 80.2 cm³/mol. The Bertz CT molecular complexity index is 518. The van der Waals surface area contributed by atoms with Crippen molar-refractivity contribution in [1.82, 2.24) is 9.78 Å². The van der Waals surface area contributed by atoms with E-state index in [-0.39, 0.29) is 23.7 Å². The van der Waals surface area contributed by atoms with Crippen LogP contribution in [-0.2, 0) is 6.54 Å². The van der Waals surface area contributed by atoms with Gasteiger partial charge < -0.3 is 10.4 Å². The van der Waals surface area contributed by atoms with Gasteiger partial charge in [-0.2, -0.15) is 5.10 Å². The summed E-state index contributed by atoms with van der Waals surface area (Å²) in [5, 5.41) is 16.4. The number of aromatic nitrogens is 2. The molecule has 0 radical (unpaired) electrons. The van der Waals surface area contributed by atoms with E-state index in [1.54, 1.807) is 6.20 Å². The van der Waals surface area contributed by atoms with Crippen molar-refractivity contribution in [2.75, 3.05) is 11.9 Å². The summed E-state index contributed by atoms with van der Waals surface area (Å²) in [6.45, 7) is 4.52. The predicted octanol–water partition coefficient (Wildman–Crippen LogP) is 2.13. The van der Waals surface area contributed by atoms with E-state index in [9.17, 15) is 4.79 Å². The molecule has 1 heterocycles. The van der Waals surface area contributed by atoms with E-state index in [1.165, 1.54) is 17.5 Å². The van der Waals surface area contributed by atoms with Gasteiger partial charge in [0.2, 0.25) is 0 Å². The van der Waals surface area contributed by atoms with Gasteiger partial charge in [-0.3, -0.25) is 4.79 Å². The molecule has 112 valence electrons. The average Bonchev–Trinajstić information content (AvgIpc) is 2.43. The van der Waals surface area contributed by atoms with Gasteiger partial charge in [0.1, 0.15) is 5.02 Å². The first-order chi connectivity index (χ1) is 9.54. The van der Waals surface area contributed by atoms with Gasteiger partial charge in [-0.1, -0.05) is 38.3 Å². The minimum atomic E-state index is -0.359. The first-order valence-electron chi connectivity index (χ1n) is 7.17. The lowest BCUT2D eigenvalue weighted by molar-refractivity contribution is 0.253. The molecule has 3 unspecified atom stereocenters. The van der Waals surface area contributed by atoms with Crippen molar-refractivity contribution in [3.63, 3.8) is 0 Å². The molecule has 3 atom stereocenters. The highest BCUT2D eigenvalue weighted by molar-refractivity contribution is 6.32. The second-order valence-electron chi connectivity index (χ2n) is 5.64. The first kappa shape index (κ1) is 15.3. The summed E-state index contributed by atoms with van der Waals surface area (Å²) in [6.07, 6.45) is 5.10. The first-order valence-corrected chi connectivity index (χ1v) is 7.55. The number of nitrogens with zero attached hydrogens (tertiary/aromatic N) is 2. The number of halogens is 1. The van der Waals surface area contributed by atoms with Gasteiger partial charge in [-0.25, -0.2) is 4.68 Å². The molecule has 2 N–H and O–H groups in total. The molecule has 2 rings (SSSR count). The van der Waals surface area contributed by atoms with E-state index in [4.69, 9.17) is 16.7 Å². The Hall–Kier alpha value is -1.07. The van der Waals surface area contributed by atoms with E-state index in [2.05, 4.69) is 24.3 Å². The molecule has 1 aromatic rings. The van der Waals surface area contributed by atoms with Crippen molar-refractivity contribution in [3.05, 3.63) is 21.6 Å². The van der Waals surface area contributed by atoms with Crippen LogP contribution in [-0.4, -0.2) is 27.5 Å². The summed E-state index contributed by atoms with van der Waals surface area (Å²) in [7, 11) is 0. The van der Waals surface area contributed by atoms with Gasteiger partial charge in [0, 0.05) is 6.04 Å². The average molecular weight is 300 g/mol. The standard InChI is InChI=1S/C14H22ClN3O2/c1-9-4-3-5-11(10(9)2)17-12-8-16-18(6-7-19)14(20)13(12)15/h8-11,17,19H,3-7H2,1-2H3. The number of aliphatic hydroxyl groups is 1. The molecule has 0 aliphatic heterocycles. The van der Waals surface area contributed by atoms with Gasteiger partial charge in [0.05, 0.1) is 25.0 Å². The molecule has 1 saturated carbocycles. The number of aliphatic hydroxyl groups excluding tert-OH is 1. The molecule has 1 aromatic heterocycles. The quantitative estimate of drug-likeness (QED) is 0.894. The molecule has 1 aliphatic rings. The molecule has 0 bridgehead atoms. The molecule has 0 saturated heterocycles. The van der Waals surface area contributed by atoms with E-state index in [1.807, 2.05) is 0 Å². The Kier molecular flexibility index (Phi) is 5.05. The zero-order valence-corrected chi connectivity index (χ0v) is 12.7. The van der Waals surface area contributed by atoms with E-state index >= 15 is 0 Å². The van der Waals surface area contributed by atoms with Crippen LogP contribution in [0.5, 0.6) is 0 Å². The Morgan fingerprint density at radius 2 is 2.25 bits per heavy atom. The highest BCUT2D eigenvalue weighted by Crippen LogP contribution is 2.32. The maximum absolute atomic E-state index is 12.0. The van der Waals surface area contributed by atoms with E-state index < -0.39 is 0 Å². The zero-order valence-electron chi connectivity index (χ0n) is 12.0. The molecule has 6 heteroatoms. The lowest BCUT2D eigenvalue weighted by atomic mass is 9.78. The summed E-state index contributed by atoms with van der Waals surface area (Å²) in [4.78, 5) is 12.0. The molecular weight excluding hydrogens is 278 g/mol. The maximum atomic E-state index is 12.0. The van der Waals surface area contributed by atoms with Crippen LogP contribution in [0.3, 0.4) is 0 Å². The van der Waals surface area contributed by atoms with Gasteiger partial charge in [-0.05, 0) is 18.3 Å². The SMILES string of the molecule is CC1CCCC(Nc2cnn(CCO)c(=O)c2Cl)C1C. The monoisotopic (exact) mass is 299 g/mol. The van der Waals surface area contributed by atoms with Crippen LogP contribution in [0.4, 0.5) is 5.69 Å². The Balaban J connectivity index is 2.17. The van der Waals surface area contributed by atoms with Crippen molar-refractivity contribution < 1.29 is 5.11 Å². The molecule has 1 fully saturated rings. The molecular formula is C14H22ClN3O2. The zero-order chi connectivity index (χ0) is 14.7. The van der Waals surface area contributed by atoms with E-state index in [0.29, 0.717) is 23.6 Å². The summed E-state index contributed by atoms with van der Waals surface area (Å²) in [5.41, 5.74) is 0.235. The van der Waals surface area contributed by atoms with Crippen LogP contribution in [0.15, 0.2) is 11.0 Å². The number of rotatable bonds is 4. The number of nitrogens with one attached hydrogen (secondary N) is 1. The summed E-state index contributed by atoms with van der Waals surface area (Å²) >= 11 is 6.12. The van der Waals surface area contributed by atoms with Gasteiger partial charge in [0.25, 0.3) is 5.56 Å².